The highest BCUT2D eigenvalue weighted by atomic mass is 79.9. The Morgan fingerprint density at radius 2 is 1.95 bits per heavy atom. The third-order valence-electron chi connectivity index (χ3n) is 2.75. The molecule has 2 aromatic carbocycles. The lowest BCUT2D eigenvalue weighted by Gasteiger charge is -2.10. The summed E-state index contributed by atoms with van der Waals surface area (Å²) in [5.41, 5.74) is 1.39. The van der Waals surface area contributed by atoms with Gasteiger partial charge in [0.1, 0.15) is 12.4 Å². The average Bonchev–Trinajstić information content (AvgIpc) is 2.46. The van der Waals surface area contributed by atoms with Gasteiger partial charge < -0.3 is 9.47 Å². The third kappa shape index (κ3) is 4.22. The van der Waals surface area contributed by atoms with Crippen LogP contribution >= 0.6 is 43.5 Å². The van der Waals surface area contributed by atoms with Gasteiger partial charge in [0.05, 0.1) is 17.7 Å². The Bertz CT molecular complexity index is 674. The fourth-order valence-corrected chi connectivity index (χ4v) is 2.88. The number of hydrogen-bond donors (Lipinski definition) is 0. The van der Waals surface area contributed by atoms with Crippen LogP contribution in [0.4, 0.5) is 0 Å². The lowest BCUT2D eigenvalue weighted by molar-refractivity contribution is 0.0600. The molecule has 0 atom stereocenters. The standard InChI is InChI=1S/C15H11Br2ClO3/c1-20-15(19)9-2-3-10(12(17)6-9)8-21-14-5-4-11(16)7-13(14)18/h2-7H,8H2,1H3. The third-order valence-corrected chi connectivity index (χ3v) is 4.28. The van der Waals surface area contributed by atoms with Crippen LogP contribution in [0.3, 0.4) is 0 Å². The molecule has 6 heteroatoms. The summed E-state index contributed by atoms with van der Waals surface area (Å²) in [4.78, 5) is 11.4. The van der Waals surface area contributed by atoms with E-state index in [9.17, 15) is 4.79 Å². The maximum absolute atomic E-state index is 11.4. The van der Waals surface area contributed by atoms with Crippen LogP contribution in [0.5, 0.6) is 5.75 Å². The molecule has 0 aromatic heterocycles. The molecule has 0 bridgehead atoms. The minimum Gasteiger partial charge on any atom is -0.487 e. The summed E-state index contributed by atoms with van der Waals surface area (Å²) in [5.74, 6) is 0.225. The van der Waals surface area contributed by atoms with Crippen LogP contribution in [0.1, 0.15) is 15.9 Å². The normalized spacial score (nSPS) is 10.3. The van der Waals surface area contributed by atoms with Crippen molar-refractivity contribution in [1.82, 2.24) is 0 Å². The maximum Gasteiger partial charge on any atom is 0.337 e. The van der Waals surface area contributed by atoms with Crippen LogP contribution in [0.25, 0.3) is 0 Å². The molecule has 0 N–H and O–H groups in total. The predicted molar refractivity (Wildman–Crippen MR) is 89.0 cm³/mol. The van der Waals surface area contributed by atoms with Gasteiger partial charge in [-0.15, -0.1) is 0 Å². The molecule has 0 aliphatic rings. The van der Waals surface area contributed by atoms with E-state index in [2.05, 4.69) is 36.6 Å². The molecule has 0 fully saturated rings. The quantitative estimate of drug-likeness (QED) is 0.618. The first-order valence-electron chi connectivity index (χ1n) is 5.96. The molecule has 0 unspecified atom stereocenters. The molecule has 21 heavy (non-hydrogen) atoms. The van der Waals surface area contributed by atoms with Crippen molar-refractivity contribution < 1.29 is 14.3 Å². The van der Waals surface area contributed by atoms with Gasteiger partial charge in [0, 0.05) is 14.5 Å². The van der Waals surface area contributed by atoms with E-state index in [1.54, 1.807) is 24.3 Å². The smallest absolute Gasteiger partial charge is 0.337 e. The average molecular weight is 435 g/mol. The fourth-order valence-electron chi connectivity index (χ4n) is 1.66. The van der Waals surface area contributed by atoms with Crippen molar-refractivity contribution in [2.75, 3.05) is 7.11 Å². The van der Waals surface area contributed by atoms with Crippen molar-refractivity contribution in [3.05, 3.63) is 61.5 Å². The van der Waals surface area contributed by atoms with Gasteiger partial charge >= 0.3 is 5.97 Å². The fraction of sp³-hybridized carbons (Fsp3) is 0.133. The second-order valence-electron chi connectivity index (χ2n) is 4.16. The first-order valence-corrected chi connectivity index (χ1v) is 7.92. The summed E-state index contributed by atoms with van der Waals surface area (Å²) in [5, 5.41) is 0.534. The van der Waals surface area contributed by atoms with Gasteiger partial charge in [0.25, 0.3) is 0 Å². The molecule has 0 spiro atoms. The van der Waals surface area contributed by atoms with E-state index in [0.717, 1.165) is 14.5 Å². The second-order valence-corrected chi connectivity index (χ2v) is 6.34. The second kappa shape index (κ2) is 7.29. The van der Waals surface area contributed by atoms with Crippen molar-refractivity contribution >= 4 is 49.4 Å². The lowest BCUT2D eigenvalue weighted by atomic mass is 10.1. The van der Waals surface area contributed by atoms with Crippen molar-refractivity contribution in [2.45, 2.75) is 6.61 Å². The molecule has 0 aliphatic carbocycles. The van der Waals surface area contributed by atoms with Gasteiger partial charge in [-0.05, 0) is 30.3 Å². The maximum atomic E-state index is 11.4. The number of methoxy groups -OCH3 is 1. The molecule has 0 heterocycles. The molecular formula is C15H11Br2ClO3. The highest BCUT2D eigenvalue weighted by Gasteiger charge is 2.09. The highest BCUT2D eigenvalue weighted by Crippen LogP contribution is 2.29. The number of ether oxygens (including phenoxy) is 2. The summed E-state index contributed by atoms with van der Waals surface area (Å²) < 4.78 is 12.0. The van der Waals surface area contributed by atoms with Gasteiger partial charge in [0.2, 0.25) is 0 Å². The van der Waals surface area contributed by atoms with E-state index < -0.39 is 0 Å². The van der Waals surface area contributed by atoms with Crippen molar-refractivity contribution in [2.24, 2.45) is 0 Å². The van der Waals surface area contributed by atoms with Gasteiger partial charge in [-0.2, -0.15) is 0 Å². The summed E-state index contributed by atoms with van der Waals surface area (Å²) in [6, 6.07) is 10.6. The Hall–Kier alpha value is -1.04. The van der Waals surface area contributed by atoms with E-state index in [1.165, 1.54) is 7.11 Å². The molecule has 0 saturated carbocycles. The Labute approximate surface area is 144 Å². The Morgan fingerprint density at radius 3 is 2.57 bits per heavy atom. The van der Waals surface area contributed by atoms with Crippen LogP contribution in [-0.4, -0.2) is 13.1 Å². The summed E-state index contributed by atoms with van der Waals surface area (Å²) in [6.45, 7) is 0.337. The molecular weight excluding hydrogens is 423 g/mol. The van der Waals surface area contributed by atoms with Gasteiger partial charge in [-0.3, -0.25) is 0 Å². The summed E-state index contributed by atoms with van der Waals surface area (Å²) in [6.07, 6.45) is 0. The molecule has 0 amide bonds. The van der Waals surface area contributed by atoms with Crippen LogP contribution in [0.15, 0.2) is 45.3 Å². The first kappa shape index (κ1) is 16.3. The predicted octanol–water partition coefficient (Wildman–Crippen LogP) is 5.23. The number of esters is 1. The van der Waals surface area contributed by atoms with E-state index in [4.69, 9.17) is 16.3 Å². The zero-order valence-corrected chi connectivity index (χ0v) is 15.0. The Morgan fingerprint density at radius 1 is 1.19 bits per heavy atom. The number of carbonyl (C=O) groups is 1. The molecule has 0 aliphatic heterocycles. The molecule has 110 valence electrons. The van der Waals surface area contributed by atoms with Gasteiger partial charge in [-0.25, -0.2) is 4.79 Å². The van der Waals surface area contributed by atoms with E-state index >= 15 is 0 Å². The Kier molecular flexibility index (Phi) is 5.67. The minimum atomic E-state index is -0.376. The van der Waals surface area contributed by atoms with Crippen molar-refractivity contribution in [1.29, 1.82) is 0 Å². The minimum absolute atomic E-state index is 0.337. The molecule has 2 aromatic rings. The highest BCUT2D eigenvalue weighted by molar-refractivity contribution is 9.10. The van der Waals surface area contributed by atoms with Crippen molar-refractivity contribution in [3.8, 4) is 5.75 Å². The van der Waals surface area contributed by atoms with E-state index in [0.29, 0.717) is 22.9 Å². The number of rotatable bonds is 4. The Balaban J connectivity index is 2.11. The zero-order chi connectivity index (χ0) is 15.4. The lowest BCUT2D eigenvalue weighted by Crippen LogP contribution is -2.03. The van der Waals surface area contributed by atoms with Gasteiger partial charge in [0.15, 0.2) is 0 Å². The van der Waals surface area contributed by atoms with E-state index in [1.807, 2.05) is 12.1 Å². The first-order chi connectivity index (χ1) is 10.0. The number of carbonyl (C=O) groups excluding carboxylic acids is 1. The monoisotopic (exact) mass is 432 g/mol. The van der Waals surface area contributed by atoms with Crippen molar-refractivity contribution in [3.63, 3.8) is 0 Å². The topological polar surface area (TPSA) is 35.5 Å². The number of hydrogen-bond acceptors (Lipinski definition) is 3. The largest absolute Gasteiger partial charge is 0.487 e. The van der Waals surface area contributed by atoms with E-state index in [-0.39, 0.29) is 5.97 Å². The van der Waals surface area contributed by atoms with Crippen LogP contribution in [-0.2, 0) is 11.3 Å². The molecule has 0 saturated heterocycles. The van der Waals surface area contributed by atoms with Crippen LogP contribution in [0.2, 0.25) is 5.02 Å². The van der Waals surface area contributed by atoms with Crippen LogP contribution < -0.4 is 4.74 Å². The molecule has 0 radical (unpaired) electrons. The summed E-state index contributed by atoms with van der Waals surface area (Å²) in [7, 11) is 1.35. The number of benzene rings is 2. The SMILES string of the molecule is COC(=O)c1ccc(COc2ccc(Br)cc2Cl)c(Br)c1. The van der Waals surface area contributed by atoms with Crippen LogP contribution in [0, 0.1) is 0 Å². The molecule has 2 rings (SSSR count). The van der Waals surface area contributed by atoms with Gasteiger partial charge in [-0.1, -0.05) is 49.5 Å². The molecule has 3 nitrogen and oxygen atoms in total. The summed E-state index contributed by atoms with van der Waals surface area (Å²) >= 11 is 12.9. The zero-order valence-electron chi connectivity index (χ0n) is 11.0. The number of halogens is 3.